The van der Waals surface area contributed by atoms with Gasteiger partial charge in [0, 0.05) is 23.3 Å². The molecule has 8 heteroatoms. The summed E-state index contributed by atoms with van der Waals surface area (Å²) in [5.41, 5.74) is 6.33. The van der Waals surface area contributed by atoms with Crippen LogP contribution in [0, 0.1) is 10.1 Å². The van der Waals surface area contributed by atoms with Gasteiger partial charge in [0.2, 0.25) is 0 Å². The van der Waals surface area contributed by atoms with Crippen LogP contribution in [-0.4, -0.2) is 23.3 Å². The van der Waals surface area contributed by atoms with Crippen LogP contribution in [0.15, 0.2) is 78.9 Å². The van der Waals surface area contributed by atoms with E-state index in [0.717, 1.165) is 11.1 Å². The first-order valence-corrected chi connectivity index (χ1v) is 8.65. The first-order valence-electron chi connectivity index (χ1n) is 8.65. The fourth-order valence-corrected chi connectivity index (χ4v) is 2.56. The lowest BCUT2D eigenvalue weighted by molar-refractivity contribution is -0.384. The van der Waals surface area contributed by atoms with Gasteiger partial charge in [0.1, 0.15) is 5.75 Å². The molecule has 3 aromatic rings. The number of nitrogens with one attached hydrogen (secondary N) is 2. The van der Waals surface area contributed by atoms with Crippen molar-refractivity contribution in [2.24, 2.45) is 0 Å². The molecule has 0 saturated carbocycles. The summed E-state index contributed by atoms with van der Waals surface area (Å²) in [4.78, 5) is 34.1. The number of benzene rings is 3. The van der Waals surface area contributed by atoms with E-state index in [4.69, 9.17) is 4.74 Å². The van der Waals surface area contributed by atoms with Crippen molar-refractivity contribution in [2.75, 3.05) is 6.61 Å². The van der Waals surface area contributed by atoms with E-state index in [9.17, 15) is 19.7 Å². The summed E-state index contributed by atoms with van der Waals surface area (Å²) >= 11 is 0. The molecule has 0 fully saturated rings. The van der Waals surface area contributed by atoms with E-state index in [1.54, 1.807) is 12.1 Å². The van der Waals surface area contributed by atoms with Gasteiger partial charge in [-0.25, -0.2) is 0 Å². The molecule has 2 N–H and O–H groups in total. The Morgan fingerprint density at radius 3 is 2.21 bits per heavy atom. The molecule has 0 unspecified atom stereocenters. The molecule has 146 valence electrons. The van der Waals surface area contributed by atoms with Gasteiger partial charge >= 0.3 is 0 Å². The summed E-state index contributed by atoms with van der Waals surface area (Å²) < 4.78 is 5.60. The predicted octanol–water partition coefficient (Wildman–Crippen LogP) is 3.10. The molecule has 0 spiro atoms. The molecule has 0 aliphatic rings. The van der Waals surface area contributed by atoms with Crippen molar-refractivity contribution in [2.45, 2.75) is 0 Å². The average molecular weight is 391 g/mol. The van der Waals surface area contributed by atoms with Gasteiger partial charge in [0.15, 0.2) is 6.61 Å². The fraction of sp³-hybridized carbons (Fsp3) is 0.0476. The molecule has 0 heterocycles. The van der Waals surface area contributed by atoms with Crippen LogP contribution < -0.4 is 15.6 Å². The van der Waals surface area contributed by atoms with Gasteiger partial charge in [-0.05, 0) is 23.8 Å². The highest BCUT2D eigenvalue weighted by atomic mass is 16.6. The maximum absolute atomic E-state index is 12.0. The number of para-hydroxylation sites is 1. The molecule has 0 aliphatic carbocycles. The summed E-state index contributed by atoms with van der Waals surface area (Å²) in [5, 5.41) is 10.6. The predicted molar refractivity (Wildman–Crippen MR) is 106 cm³/mol. The molecular weight excluding hydrogens is 374 g/mol. The molecule has 0 radical (unpaired) electrons. The number of carbonyl (C=O) groups excluding carboxylic acids is 2. The highest BCUT2D eigenvalue weighted by Gasteiger charge is 2.12. The van der Waals surface area contributed by atoms with Crippen molar-refractivity contribution in [1.82, 2.24) is 10.9 Å². The van der Waals surface area contributed by atoms with Crippen LogP contribution in [-0.2, 0) is 4.79 Å². The summed E-state index contributed by atoms with van der Waals surface area (Å²) in [6, 6.07) is 21.9. The van der Waals surface area contributed by atoms with Crippen molar-refractivity contribution in [1.29, 1.82) is 0 Å². The van der Waals surface area contributed by atoms with E-state index in [2.05, 4.69) is 10.9 Å². The number of ether oxygens (including phenoxy) is 1. The van der Waals surface area contributed by atoms with Gasteiger partial charge in [-0.15, -0.1) is 0 Å². The fourth-order valence-electron chi connectivity index (χ4n) is 2.56. The van der Waals surface area contributed by atoms with E-state index >= 15 is 0 Å². The van der Waals surface area contributed by atoms with Gasteiger partial charge in [-0.1, -0.05) is 48.5 Å². The smallest absolute Gasteiger partial charge is 0.276 e. The molecule has 0 bridgehead atoms. The first kappa shape index (κ1) is 19.6. The van der Waals surface area contributed by atoms with Crippen molar-refractivity contribution < 1.29 is 19.2 Å². The second kappa shape index (κ2) is 9.14. The molecule has 0 aromatic heterocycles. The summed E-state index contributed by atoms with van der Waals surface area (Å²) in [6.45, 7) is -0.301. The molecule has 0 aliphatic heterocycles. The topological polar surface area (TPSA) is 111 Å². The molecular formula is C21H17N3O5. The minimum atomic E-state index is -0.599. The van der Waals surface area contributed by atoms with Crippen LogP contribution >= 0.6 is 0 Å². The lowest BCUT2D eigenvalue weighted by Gasteiger charge is -2.12. The van der Waals surface area contributed by atoms with Gasteiger partial charge in [0.05, 0.1) is 4.92 Å². The lowest BCUT2D eigenvalue weighted by Crippen LogP contribution is -2.43. The Hall–Kier alpha value is -4.20. The second-order valence-corrected chi connectivity index (χ2v) is 5.96. The van der Waals surface area contributed by atoms with E-state index < -0.39 is 16.7 Å². The number of nitro groups is 1. The highest BCUT2D eigenvalue weighted by molar-refractivity contribution is 5.95. The van der Waals surface area contributed by atoms with E-state index in [0.29, 0.717) is 5.75 Å². The van der Waals surface area contributed by atoms with Crippen molar-refractivity contribution in [3.05, 3.63) is 94.5 Å². The Morgan fingerprint density at radius 1 is 0.862 bits per heavy atom. The summed E-state index contributed by atoms with van der Waals surface area (Å²) in [6.07, 6.45) is 0. The number of carbonyl (C=O) groups is 2. The maximum atomic E-state index is 12.0. The molecule has 0 atom stereocenters. The third-order valence-electron chi connectivity index (χ3n) is 3.99. The zero-order valence-electron chi connectivity index (χ0n) is 15.2. The maximum Gasteiger partial charge on any atom is 0.276 e. The molecule has 0 saturated heterocycles. The third-order valence-corrected chi connectivity index (χ3v) is 3.99. The van der Waals surface area contributed by atoms with E-state index in [-0.39, 0.29) is 17.9 Å². The zero-order chi connectivity index (χ0) is 20.6. The SMILES string of the molecule is O=C(COc1ccccc1-c1ccccc1)NNC(=O)c1ccc([N+](=O)[O-])cc1. The van der Waals surface area contributed by atoms with Crippen LogP contribution in [0.1, 0.15) is 10.4 Å². The zero-order valence-corrected chi connectivity index (χ0v) is 15.2. The Bertz CT molecular complexity index is 1020. The third kappa shape index (κ3) is 5.16. The Labute approximate surface area is 166 Å². The quantitative estimate of drug-likeness (QED) is 0.495. The largest absolute Gasteiger partial charge is 0.483 e. The van der Waals surface area contributed by atoms with Crippen LogP contribution in [0.2, 0.25) is 0 Å². The Morgan fingerprint density at radius 2 is 1.52 bits per heavy atom. The summed E-state index contributed by atoms with van der Waals surface area (Å²) in [7, 11) is 0. The number of rotatable bonds is 6. The summed E-state index contributed by atoms with van der Waals surface area (Å²) in [5.74, 6) is -0.614. The normalized spacial score (nSPS) is 10.1. The standard InChI is InChI=1S/C21H17N3O5/c25-20(22-23-21(26)16-10-12-17(13-11-16)24(27)28)14-29-19-9-5-4-8-18(19)15-6-2-1-3-7-15/h1-13H,14H2,(H,22,25)(H,23,26). The Balaban J connectivity index is 1.54. The van der Waals surface area contributed by atoms with Gasteiger partial charge < -0.3 is 4.74 Å². The van der Waals surface area contributed by atoms with Crippen LogP contribution in [0.4, 0.5) is 5.69 Å². The van der Waals surface area contributed by atoms with E-state index in [1.165, 1.54) is 24.3 Å². The van der Waals surface area contributed by atoms with Crippen LogP contribution in [0.3, 0.4) is 0 Å². The molecule has 3 rings (SSSR count). The van der Waals surface area contributed by atoms with Gasteiger partial charge in [0.25, 0.3) is 17.5 Å². The number of nitro benzene ring substituents is 1. The number of amides is 2. The number of nitrogens with zero attached hydrogens (tertiary/aromatic N) is 1. The number of non-ortho nitro benzene ring substituents is 1. The van der Waals surface area contributed by atoms with Gasteiger partial charge in [-0.2, -0.15) is 0 Å². The Kier molecular flexibility index (Phi) is 6.16. The minimum absolute atomic E-state index is 0.129. The van der Waals surface area contributed by atoms with Crippen molar-refractivity contribution >= 4 is 17.5 Å². The van der Waals surface area contributed by atoms with Crippen molar-refractivity contribution in [3.63, 3.8) is 0 Å². The number of hydrogen-bond acceptors (Lipinski definition) is 5. The molecule has 8 nitrogen and oxygen atoms in total. The monoisotopic (exact) mass is 391 g/mol. The molecule has 29 heavy (non-hydrogen) atoms. The molecule has 2 amide bonds. The minimum Gasteiger partial charge on any atom is -0.483 e. The van der Waals surface area contributed by atoms with Crippen LogP contribution in [0.5, 0.6) is 5.75 Å². The van der Waals surface area contributed by atoms with E-state index in [1.807, 2.05) is 42.5 Å². The molecule has 3 aromatic carbocycles. The average Bonchev–Trinajstić information content (AvgIpc) is 2.77. The van der Waals surface area contributed by atoms with Crippen molar-refractivity contribution in [3.8, 4) is 16.9 Å². The number of hydrazine groups is 1. The first-order chi connectivity index (χ1) is 14.0. The second-order valence-electron chi connectivity index (χ2n) is 5.96. The van der Waals surface area contributed by atoms with Crippen LogP contribution in [0.25, 0.3) is 11.1 Å². The highest BCUT2D eigenvalue weighted by Crippen LogP contribution is 2.29. The lowest BCUT2D eigenvalue weighted by atomic mass is 10.1. The van der Waals surface area contributed by atoms with Gasteiger partial charge in [-0.3, -0.25) is 30.6 Å². The number of hydrogen-bond donors (Lipinski definition) is 2.